The summed E-state index contributed by atoms with van der Waals surface area (Å²) in [5, 5.41) is 7.88. The molecule has 0 fully saturated rings. The Kier molecular flexibility index (Phi) is 5.92. The molecular weight excluding hydrogens is 261 g/mol. The van der Waals surface area contributed by atoms with Crippen LogP contribution in [0.1, 0.15) is 0 Å². The van der Waals surface area contributed by atoms with Crippen molar-refractivity contribution in [2.45, 2.75) is 17.9 Å². The first kappa shape index (κ1) is 18.0. The van der Waals surface area contributed by atoms with Crippen molar-refractivity contribution in [3.63, 3.8) is 0 Å². The van der Waals surface area contributed by atoms with Crippen LogP contribution in [0.15, 0.2) is 0 Å². The van der Waals surface area contributed by atoms with Gasteiger partial charge < -0.3 is 0 Å². The number of rotatable bonds is 2. The zero-order chi connectivity index (χ0) is 12.5. The SMILES string of the molecule is N#CC(N[SH](=O)=O)(C(F)(F)F)C(F)(F)F.[LiH]. The molecule has 0 rings (SSSR count). The van der Waals surface area contributed by atoms with Gasteiger partial charge in [-0.2, -0.15) is 36.3 Å². The molecule has 1 N–H and O–H groups in total. The summed E-state index contributed by atoms with van der Waals surface area (Å²) in [5.74, 6) is 0. The van der Waals surface area contributed by atoms with E-state index >= 15 is 0 Å². The van der Waals surface area contributed by atoms with Crippen LogP contribution in [0.4, 0.5) is 26.3 Å². The van der Waals surface area contributed by atoms with Crippen molar-refractivity contribution < 1.29 is 34.8 Å². The molecule has 0 aliphatic rings. The van der Waals surface area contributed by atoms with E-state index in [1.807, 2.05) is 0 Å². The second kappa shape index (κ2) is 5.27. The van der Waals surface area contributed by atoms with Gasteiger partial charge in [0.05, 0.1) is 0 Å². The van der Waals surface area contributed by atoms with E-state index in [4.69, 9.17) is 5.26 Å². The summed E-state index contributed by atoms with van der Waals surface area (Å²) in [6.07, 6.45) is -12.2. The molecule has 0 spiro atoms. The first-order valence-electron chi connectivity index (χ1n) is 2.95. The number of alkyl halides is 6. The molecule has 0 heterocycles. The molecule has 0 saturated carbocycles. The Morgan fingerprint density at radius 2 is 1.31 bits per heavy atom. The molecule has 0 unspecified atom stereocenters. The van der Waals surface area contributed by atoms with E-state index in [0.29, 0.717) is 0 Å². The van der Waals surface area contributed by atoms with Crippen LogP contribution < -0.4 is 4.72 Å². The Labute approximate surface area is 98.9 Å². The van der Waals surface area contributed by atoms with Crippen LogP contribution in [0.25, 0.3) is 0 Å². The van der Waals surface area contributed by atoms with Gasteiger partial charge in [0.1, 0.15) is 6.07 Å². The second-order valence-corrected chi connectivity index (χ2v) is 2.96. The number of nitrogens with zero attached hydrogens (tertiary/aromatic N) is 1. The van der Waals surface area contributed by atoms with Crippen molar-refractivity contribution in [3.05, 3.63) is 0 Å². The Morgan fingerprint density at radius 3 is 1.38 bits per heavy atom. The number of nitrogens with one attached hydrogen (secondary N) is 1. The molecule has 16 heavy (non-hydrogen) atoms. The second-order valence-electron chi connectivity index (χ2n) is 2.23. The first-order valence-corrected chi connectivity index (χ1v) is 4.12. The molecule has 0 amide bonds. The minimum absolute atomic E-state index is 0. The molecule has 0 aromatic heterocycles. The number of halogens is 6. The molecule has 0 aliphatic carbocycles. The van der Waals surface area contributed by atoms with E-state index in [1.54, 1.807) is 0 Å². The third-order valence-corrected chi connectivity index (χ3v) is 1.80. The number of hydrogen-bond acceptors (Lipinski definition) is 3. The summed E-state index contributed by atoms with van der Waals surface area (Å²) in [4.78, 5) is 0. The van der Waals surface area contributed by atoms with Gasteiger partial charge in [-0.3, -0.25) is 0 Å². The van der Waals surface area contributed by atoms with Gasteiger partial charge in [0.2, 0.25) is 10.9 Å². The van der Waals surface area contributed by atoms with E-state index in [0.717, 1.165) is 0 Å². The van der Waals surface area contributed by atoms with Gasteiger partial charge >= 0.3 is 36.8 Å². The predicted molar refractivity (Wildman–Crippen MR) is 41.1 cm³/mol. The fourth-order valence-corrected chi connectivity index (χ4v) is 1.15. The van der Waals surface area contributed by atoms with Gasteiger partial charge in [0.25, 0.3) is 0 Å². The van der Waals surface area contributed by atoms with Crippen molar-refractivity contribution in [2.75, 3.05) is 0 Å². The molecular formula is C4H3F6LiN2O2S. The van der Waals surface area contributed by atoms with Gasteiger partial charge in [0, 0.05) is 0 Å². The monoisotopic (exact) mass is 264 g/mol. The molecule has 12 heteroatoms. The summed E-state index contributed by atoms with van der Waals surface area (Å²) < 4.78 is 91.6. The summed E-state index contributed by atoms with van der Waals surface area (Å²) in [5.41, 5.74) is -5.10. The Hall–Kier alpha value is -0.423. The fourth-order valence-electron chi connectivity index (χ4n) is 0.576. The molecule has 0 radical (unpaired) electrons. The molecule has 0 atom stereocenters. The summed E-state index contributed by atoms with van der Waals surface area (Å²) in [6.45, 7) is 0. The van der Waals surface area contributed by atoms with Crippen molar-refractivity contribution in [2.24, 2.45) is 0 Å². The maximum absolute atomic E-state index is 12.0. The number of thiol groups is 1. The Balaban J connectivity index is 0. The molecule has 4 nitrogen and oxygen atoms in total. The maximum atomic E-state index is 12.0. The first-order chi connectivity index (χ1) is 6.48. The van der Waals surface area contributed by atoms with E-state index in [-0.39, 0.29) is 29.7 Å². The van der Waals surface area contributed by atoms with Crippen molar-refractivity contribution in [1.29, 1.82) is 5.26 Å². The van der Waals surface area contributed by atoms with Crippen LogP contribution in [0, 0.1) is 11.3 Å². The quantitative estimate of drug-likeness (QED) is 0.413. The average molecular weight is 264 g/mol. The minimum atomic E-state index is -6.10. The normalized spacial score (nSPS) is 13.1. The van der Waals surface area contributed by atoms with Crippen LogP contribution in [0.5, 0.6) is 0 Å². The Morgan fingerprint density at radius 1 is 1.00 bits per heavy atom. The van der Waals surface area contributed by atoms with E-state index in [9.17, 15) is 34.8 Å². The third kappa shape index (κ3) is 3.28. The zero-order valence-electron chi connectivity index (χ0n) is 6.48. The van der Waals surface area contributed by atoms with Gasteiger partial charge in [-0.15, -0.1) is 0 Å². The van der Waals surface area contributed by atoms with Crippen LogP contribution in [0.3, 0.4) is 0 Å². The van der Waals surface area contributed by atoms with Gasteiger partial charge in [-0.05, 0) is 0 Å². The van der Waals surface area contributed by atoms with Crippen LogP contribution in [0.2, 0.25) is 0 Å². The van der Waals surface area contributed by atoms with Gasteiger partial charge in [0.15, 0.2) is 0 Å². The number of hydrogen-bond donors (Lipinski definition) is 2. The van der Waals surface area contributed by atoms with Gasteiger partial charge in [-0.25, -0.2) is 8.42 Å². The van der Waals surface area contributed by atoms with Crippen molar-refractivity contribution in [1.82, 2.24) is 4.72 Å². The topological polar surface area (TPSA) is 70.0 Å². The molecule has 90 valence electrons. The summed E-state index contributed by atoms with van der Waals surface area (Å²) >= 11 is 0. The summed E-state index contributed by atoms with van der Waals surface area (Å²) in [6, 6.07) is -0.118. The number of nitriles is 1. The Bertz CT molecular complexity index is 333. The van der Waals surface area contributed by atoms with Crippen molar-refractivity contribution >= 4 is 29.8 Å². The average Bonchev–Trinajstić information content (AvgIpc) is 1.94. The molecule has 0 bridgehead atoms. The van der Waals surface area contributed by atoms with Gasteiger partial charge in [-0.1, -0.05) is 0 Å². The molecule has 0 saturated heterocycles. The van der Waals surface area contributed by atoms with Crippen molar-refractivity contribution in [3.8, 4) is 6.07 Å². The third-order valence-electron chi connectivity index (χ3n) is 1.28. The van der Waals surface area contributed by atoms with Crippen LogP contribution in [-0.2, 0) is 10.9 Å². The fraction of sp³-hybridized carbons (Fsp3) is 0.750. The summed E-state index contributed by atoms with van der Waals surface area (Å²) in [7, 11) is -4.24. The van der Waals surface area contributed by atoms with Crippen LogP contribution in [-0.4, -0.2) is 45.2 Å². The zero-order valence-corrected chi connectivity index (χ0v) is 7.37. The van der Waals surface area contributed by atoms with E-state index < -0.39 is 28.8 Å². The molecule has 0 aliphatic heterocycles. The van der Waals surface area contributed by atoms with E-state index in [2.05, 4.69) is 0 Å². The molecule has 0 aromatic carbocycles. The van der Waals surface area contributed by atoms with Crippen LogP contribution >= 0.6 is 0 Å². The standard InChI is InChI=1S/C4H2F6N2O2S.Li.H/c5-3(6,7)2(1-11,4(8,9)10)12-15(13)14;;/h15H,(H,12,13,14);;. The van der Waals surface area contributed by atoms with E-state index in [1.165, 1.54) is 0 Å². The molecule has 0 aromatic rings. The predicted octanol–water partition coefficient (Wildman–Crippen LogP) is -0.159.